The Balaban J connectivity index is 2.10. The van der Waals surface area contributed by atoms with E-state index in [9.17, 15) is 18.0 Å². The molecule has 1 atom stereocenters. The fraction of sp³-hybridized carbons (Fsp3) is 0.310. The summed E-state index contributed by atoms with van der Waals surface area (Å²) in [5, 5.41) is 3.78. The zero-order chi connectivity index (χ0) is 29.7. The van der Waals surface area contributed by atoms with Crippen molar-refractivity contribution in [1.29, 1.82) is 0 Å². The molecule has 3 aromatic rings. The minimum Gasteiger partial charge on any atom is -0.350 e. The van der Waals surface area contributed by atoms with Crippen molar-refractivity contribution in [3.63, 3.8) is 0 Å². The molecule has 3 aromatic carbocycles. The molecule has 0 aliphatic heterocycles. The van der Waals surface area contributed by atoms with Gasteiger partial charge in [-0.05, 0) is 56.2 Å². The van der Waals surface area contributed by atoms with Gasteiger partial charge in [-0.15, -0.1) is 0 Å². The molecule has 0 bridgehead atoms. The first-order valence-corrected chi connectivity index (χ1v) is 15.5. The van der Waals surface area contributed by atoms with Crippen LogP contribution in [-0.2, 0) is 32.6 Å². The Bertz CT molecular complexity index is 1460. The highest BCUT2D eigenvalue weighted by Gasteiger charge is 2.34. The van der Waals surface area contributed by atoms with Gasteiger partial charge in [0.05, 0.1) is 27.0 Å². The van der Waals surface area contributed by atoms with Crippen LogP contribution in [-0.4, -0.2) is 49.5 Å². The lowest BCUT2D eigenvalue weighted by Crippen LogP contribution is -2.56. The number of para-hydroxylation sites is 1. The first-order chi connectivity index (χ1) is 18.7. The molecule has 0 fully saturated rings. The zero-order valence-electron chi connectivity index (χ0n) is 22.7. The van der Waals surface area contributed by atoms with Crippen molar-refractivity contribution in [2.75, 3.05) is 17.1 Å². The van der Waals surface area contributed by atoms with Crippen molar-refractivity contribution in [2.24, 2.45) is 0 Å². The number of hydrogen-bond acceptors (Lipinski definition) is 4. The Hall–Kier alpha value is -2.78. The van der Waals surface area contributed by atoms with Crippen LogP contribution >= 0.6 is 34.8 Å². The molecule has 1 N–H and O–H groups in total. The third kappa shape index (κ3) is 8.86. The SMILES string of the molecule is CC(C)(C)NC(=O)[C@H](Cc1ccccc1)N(Cc1ccc(Cl)c(Cl)c1)C(=O)CN(c1ccccc1Cl)S(C)(=O)=O. The van der Waals surface area contributed by atoms with Crippen LogP contribution in [0.1, 0.15) is 31.9 Å². The lowest BCUT2D eigenvalue weighted by Gasteiger charge is -2.35. The van der Waals surface area contributed by atoms with Gasteiger partial charge in [0.2, 0.25) is 21.8 Å². The van der Waals surface area contributed by atoms with Crippen molar-refractivity contribution in [1.82, 2.24) is 10.2 Å². The summed E-state index contributed by atoms with van der Waals surface area (Å²) in [5.41, 5.74) is 1.02. The van der Waals surface area contributed by atoms with Crippen molar-refractivity contribution < 1.29 is 18.0 Å². The van der Waals surface area contributed by atoms with Crippen molar-refractivity contribution in [2.45, 2.75) is 45.3 Å². The monoisotopic (exact) mass is 623 g/mol. The summed E-state index contributed by atoms with van der Waals surface area (Å²) in [6, 6.07) is 19.6. The summed E-state index contributed by atoms with van der Waals surface area (Å²) in [5.74, 6) is -0.977. The first-order valence-electron chi connectivity index (χ1n) is 12.5. The van der Waals surface area contributed by atoms with Crippen LogP contribution < -0.4 is 9.62 Å². The molecule has 214 valence electrons. The number of sulfonamides is 1. The average Bonchev–Trinajstić information content (AvgIpc) is 2.86. The number of nitrogens with zero attached hydrogens (tertiary/aromatic N) is 2. The predicted molar refractivity (Wildman–Crippen MR) is 162 cm³/mol. The maximum absolute atomic E-state index is 14.1. The molecule has 11 heteroatoms. The smallest absolute Gasteiger partial charge is 0.244 e. The number of halogens is 3. The first kappa shape index (κ1) is 31.7. The molecule has 0 radical (unpaired) electrons. The van der Waals surface area contributed by atoms with Crippen LogP contribution in [0.25, 0.3) is 0 Å². The third-order valence-electron chi connectivity index (χ3n) is 5.91. The number of carbonyl (C=O) groups is 2. The van der Waals surface area contributed by atoms with Crippen molar-refractivity contribution in [3.8, 4) is 0 Å². The van der Waals surface area contributed by atoms with Gasteiger partial charge >= 0.3 is 0 Å². The molecule has 7 nitrogen and oxygen atoms in total. The third-order valence-corrected chi connectivity index (χ3v) is 8.09. The summed E-state index contributed by atoms with van der Waals surface area (Å²) < 4.78 is 26.6. The summed E-state index contributed by atoms with van der Waals surface area (Å²) in [7, 11) is -3.93. The van der Waals surface area contributed by atoms with Crippen LogP contribution in [0.3, 0.4) is 0 Å². The summed E-state index contributed by atoms with van der Waals surface area (Å²) in [6.07, 6.45) is 1.20. The minimum atomic E-state index is -3.93. The Labute approximate surface area is 251 Å². The molecule has 0 saturated carbocycles. The summed E-state index contributed by atoms with van der Waals surface area (Å²) >= 11 is 18.7. The topological polar surface area (TPSA) is 86.8 Å². The zero-order valence-corrected chi connectivity index (χ0v) is 25.8. The van der Waals surface area contributed by atoms with Gasteiger partial charge in [0.25, 0.3) is 0 Å². The van der Waals surface area contributed by atoms with Crippen LogP contribution in [0.2, 0.25) is 15.1 Å². The maximum Gasteiger partial charge on any atom is 0.244 e. The number of amides is 2. The molecule has 0 aromatic heterocycles. The van der Waals surface area contributed by atoms with E-state index >= 15 is 0 Å². The highest BCUT2D eigenvalue weighted by molar-refractivity contribution is 7.92. The largest absolute Gasteiger partial charge is 0.350 e. The van der Waals surface area contributed by atoms with Crippen molar-refractivity contribution in [3.05, 3.63) is 99.0 Å². The fourth-order valence-corrected chi connectivity index (χ4v) is 5.56. The van der Waals surface area contributed by atoms with Gasteiger partial charge in [0, 0.05) is 18.5 Å². The molecule has 0 aliphatic rings. The second kappa shape index (κ2) is 13.3. The molecule has 0 aliphatic carbocycles. The van der Waals surface area contributed by atoms with Gasteiger partial charge < -0.3 is 10.2 Å². The number of anilines is 1. The maximum atomic E-state index is 14.1. The van der Waals surface area contributed by atoms with Gasteiger partial charge in [-0.3, -0.25) is 13.9 Å². The highest BCUT2D eigenvalue weighted by Crippen LogP contribution is 2.28. The Morgan fingerprint density at radius 3 is 2.05 bits per heavy atom. The van der Waals surface area contributed by atoms with Gasteiger partial charge in [-0.1, -0.05) is 83.3 Å². The lowest BCUT2D eigenvalue weighted by molar-refractivity contribution is -0.140. The van der Waals surface area contributed by atoms with Crippen molar-refractivity contribution >= 4 is 62.3 Å². The fourth-order valence-electron chi connectivity index (χ4n) is 4.09. The quantitative estimate of drug-likeness (QED) is 0.301. The molecule has 0 heterocycles. The van der Waals surface area contributed by atoms with Gasteiger partial charge in [-0.25, -0.2) is 8.42 Å². The van der Waals surface area contributed by atoms with E-state index in [2.05, 4.69) is 5.32 Å². The number of hydrogen-bond donors (Lipinski definition) is 1. The summed E-state index contributed by atoms with van der Waals surface area (Å²) in [6.45, 7) is 4.94. The van der Waals surface area contributed by atoms with E-state index in [0.717, 1.165) is 16.1 Å². The van der Waals surface area contributed by atoms with E-state index in [1.807, 2.05) is 51.1 Å². The number of rotatable bonds is 10. The van der Waals surface area contributed by atoms with E-state index < -0.39 is 34.1 Å². The van der Waals surface area contributed by atoms with Crippen LogP contribution in [0.15, 0.2) is 72.8 Å². The second-order valence-corrected chi connectivity index (χ2v) is 13.6. The molecular formula is C29H32Cl3N3O4S. The standard InChI is InChI=1S/C29H32Cl3N3O4S/c1-29(2,3)33-28(37)26(17-20-10-6-5-7-11-20)34(18-21-14-15-22(30)24(32)16-21)27(36)19-35(40(4,38)39)25-13-9-8-12-23(25)31/h5-16,26H,17-19H2,1-4H3,(H,33,37)/t26-/m0/s1. The molecule has 0 unspecified atom stereocenters. The van der Waals surface area contributed by atoms with E-state index in [1.54, 1.807) is 36.4 Å². The molecule has 0 saturated heterocycles. The molecular weight excluding hydrogens is 593 g/mol. The lowest BCUT2D eigenvalue weighted by atomic mass is 10.0. The predicted octanol–water partition coefficient (Wildman–Crippen LogP) is 5.97. The number of benzene rings is 3. The molecule has 0 spiro atoms. The highest BCUT2D eigenvalue weighted by atomic mass is 35.5. The van der Waals surface area contributed by atoms with E-state index in [1.165, 1.54) is 11.0 Å². The number of carbonyl (C=O) groups excluding carboxylic acids is 2. The molecule has 2 amide bonds. The normalized spacial score (nSPS) is 12.5. The minimum absolute atomic E-state index is 0.0229. The summed E-state index contributed by atoms with van der Waals surface area (Å²) in [4.78, 5) is 29.2. The van der Waals surface area contributed by atoms with Crippen LogP contribution in [0.5, 0.6) is 0 Å². The van der Waals surface area contributed by atoms with Crippen LogP contribution in [0.4, 0.5) is 5.69 Å². The van der Waals surface area contributed by atoms with E-state index in [0.29, 0.717) is 15.6 Å². The van der Waals surface area contributed by atoms with Gasteiger partial charge in [0.15, 0.2) is 0 Å². The molecule has 40 heavy (non-hydrogen) atoms. The Morgan fingerprint density at radius 2 is 1.48 bits per heavy atom. The van der Waals surface area contributed by atoms with E-state index in [4.69, 9.17) is 34.8 Å². The van der Waals surface area contributed by atoms with Gasteiger partial charge in [-0.2, -0.15) is 0 Å². The second-order valence-electron chi connectivity index (χ2n) is 10.4. The van der Waals surface area contributed by atoms with E-state index in [-0.39, 0.29) is 29.6 Å². The molecule has 3 rings (SSSR count). The average molecular weight is 625 g/mol. The Kier molecular flexibility index (Phi) is 10.5. The van der Waals surface area contributed by atoms with Gasteiger partial charge in [0.1, 0.15) is 12.6 Å². The number of nitrogens with one attached hydrogen (secondary N) is 1. The Morgan fingerprint density at radius 1 is 0.850 bits per heavy atom. The van der Waals surface area contributed by atoms with Crippen LogP contribution in [0, 0.1) is 0 Å².